The summed E-state index contributed by atoms with van der Waals surface area (Å²) in [5.41, 5.74) is -0.879. The van der Waals surface area contributed by atoms with Crippen molar-refractivity contribution in [3.8, 4) is 0 Å². The fraction of sp³-hybridized carbons (Fsp3) is 0.529. The van der Waals surface area contributed by atoms with E-state index < -0.39 is 29.4 Å². The highest BCUT2D eigenvalue weighted by atomic mass is 19.1. The first-order valence-electron chi connectivity index (χ1n) is 8.10. The van der Waals surface area contributed by atoms with E-state index in [-0.39, 0.29) is 36.2 Å². The lowest BCUT2D eigenvalue weighted by Gasteiger charge is -2.41. The van der Waals surface area contributed by atoms with Crippen LogP contribution in [-0.2, 0) is 9.53 Å². The first-order valence-corrected chi connectivity index (χ1v) is 8.10. The van der Waals surface area contributed by atoms with Gasteiger partial charge in [0, 0.05) is 12.5 Å². The second kappa shape index (κ2) is 6.25. The number of anilines is 1. The summed E-state index contributed by atoms with van der Waals surface area (Å²) in [6, 6.07) is 2.21. The van der Waals surface area contributed by atoms with E-state index in [1.54, 1.807) is 6.92 Å². The molecule has 1 atom stereocenters. The highest BCUT2D eigenvalue weighted by Gasteiger charge is 2.42. The van der Waals surface area contributed by atoms with E-state index in [9.17, 15) is 23.5 Å². The maximum Gasteiger partial charge on any atom is 0.414 e. The van der Waals surface area contributed by atoms with Crippen LogP contribution in [0.3, 0.4) is 0 Å². The molecule has 0 aromatic heterocycles. The van der Waals surface area contributed by atoms with E-state index in [1.807, 2.05) is 0 Å². The Kier molecular flexibility index (Phi) is 4.40. The second-order valence-electron chi connectivity index (χ2n) is 6.98. The van der Waals surface area contributed by atoms with Crippen molar-refractivity contribution in [2.45, 2.75) is 44.3 Å². The van der Waals surface area contributed by atoms with E-state index in [0.717, 1.165) is 17.0 Å². The normalized spacial score (nSPS) is 28.5. The Hall–Kier alpha value is -2.22. The molecule has 0 spiro atoms. The smallest absolute Gasteiger partial charge is 0.414 e. The number of ether oxygens (including phenoxy) is 1. The van der Waals surface area contributed by atoms with Gasteiger partial charge in [0.2, 0.25) is 5.91 Å². The summed E-state index contributed by atoms with van der Waals surface area (Å²) < 4.78 is 33.9. The number of carbonyl (C=O) groups is 2. The van der Waals surface area contributed by atoms with E-state index in [1.165, 1.54) is 6.92 Å². The summed E-state index contributed by atoms with van der Waals surface area (Å²) >= 11 is 0. The Morgan fingerprint density at radius 1 is 1.40 bits per heavy atom. The zero-order valence-electron chi connectivity index (χ0n) is 14.0. The van der Waals surface area contributed by atoms with E-state index in [0.29, 0.717) is 12.8 Å². The number of hydrogen-bond donors (Lipinski definition) is 2. The summed E-state index contributed by atoms with van der Waals surface area (Å²) in [7, 11) is 0. The van der Waals surface area contributed by atoms with E-state index in [4.69, 9.17) is 4.74 Å². The first kappa shape index (κ1) is 17.6. The predicted molar refractivity (Wildman–Crippen MR) is 85.3 cm³/mol. The van der Waals surface area contributed by atoms with Crippen molar-refractivity contribution < 1.29 is 28.2 Å². The number of nitrogens with zero attached hydrogens (tertiary/aromatic N) is 1. The molecule has 1 aliphatic heterocycles. The Bertz CT molecular complexity index is 692. The number of amides is 2. The quantitative estimate of drug-likeness (QED) is 0.867. The standard InChI is InChI=1S/C17H20F2N2O4/c1-9(22)20-7-12-8-21(16(23)25-12)11-3-13(18)15(14(19)4-11)10-5-17(2,24)6-10/h3-4,10,12,24H,5-8H2,1-2H3,(H,20,22)/t10?,12-,17?/m0/s1. The van der Waals surface area contributed by atoms with Crippen molar-refractivity contribution in [2.24, 2.45) is 0 Å². The van der Waals surface area contributed by atoms with Crippen molar-refractivity contribution >= 4 is 17.7 Å². The molecule has 2 amide bonds. The van der Waals surface area contributed by atoms with Crippen LogP contribution < -0.4 is 10.2 Å². The van der Waals surface area contributed by atoms with Gasteiger partial charge >= 0.3 is 6.09 Å². The largest absolute Gasteiger partial charge is 0.442 e. The lowest BCUT2D eigenvalue weighted by molar-refractivity contribution is -0.119. The summed E-state index contributed by atoms with van der Waals surface area (Å²) in [4.78, 5) is 24.0. The molecule has 136 valence electrons. The van der Waals surface area contributed by atoms with Gasteiger partial charge < -0.3 is 15.2 Å². The molecule has 2 aliphatic rings. The fourth-order valence-corrected chi connectivity index (χ4v) is 3.42. The molecule has 8 heteroatoms. The summed E-state index contributed by atoms with van der Waals surface area (Å²) in [6.45, 7) is 3.20. The van der Waals surface area contributed by atoms with Crippen LogP contribution in [0.25, 0.3) is 0 Å². The molecule has 1 aliphatic carbocycles. The molecule has 1 saturated heterocycles. The number of cyclic esters (lactones) is 1. The molecule has 2 N–H and O–H groups in total. The van der Waals surface area contributed by atoms with Gasteiger partial charge in [0.25, 0.3) is 0 Å². The van der Waals surface area contributed by atoms with Gasteiger partial charge in [0.05, 0.1) is 24.4 Å². The minimum Gasteiger partial charge on any atom is -0.442 e. The van der Waals surface area contributed by atoms with Crippen LogP contribution >= 0.6 is 0 Å². The maximum absolute atomic E-state index is 14.4. The van der Waals surface area contributed by atoms with Crippen molar-refractivity contribution in [2.75, 3.05) is 18.0 Å². The van der Waals surface area contributed by atoms with Gasteiger partial charge in [-0.3, -0.25) is 9.69 Å². The molecular weight excluding hydrogens is 334 g/mol. The summed E-state index contributed by atoms with van der Waals surface area (Å²) in [6.07, 6.45) is -0.701. The van der Waals surface area contributed by atoms with Crippen molar-refractivity contribution in [1.82, 2.24) is 5.32 Å². The van der Waals surface area contributed by atoms with Crippen LogP contribution in [-0.4, -0.2) is 41.9 Å². The number of benzene rings is 1. The molecule has 0 unspecified atom stereocenters. The highest BCUT2D eigenvalue weighted by Crippen LogP contribution is 2.46. The predicted octanol–water partition coefficient (Wildman–Crippen LogP) is 2.05. The van der Waals surface area contributed by atoms with Crippen LogP contribution in [0.15, 0.2) is 12.1 Å². The average molecular weight is 354 g/mol. The third-order valence-corrected chi connectivity index (χ3v) is 4.61. The highest BCUT2D eigenvalue weighted by molar-refractivity contribution is 5.89. The van der Waals surface area contributed by atoms with Crippen LogP contribution in [0.1, 0.15) is 38.2 Å². The first-order chi connectivity index (χ1) is 11.7. The number of halogens is 2. The minimum absolute atomic E-state index is 0.0577. The van der Waals surface area contributed by atoms with Gasteiger partial charge in [-0.15, -0.1) is 0 Å². The van der Waals surface area contributed by atoms with Gasteiger partial charge in [0.15, 0.2) is 0 Å². The molecule has 25 heavy (non-hydrogen) atoms. The lowest BCUT2D eigenvalue weighted by atomic mass is 9.69. The Morgan fingerprint density at radius 3 is 2.52 bits per heavy atom. The van der Waals surface area contributed by atoms with Crippen LogP contribution in [0.2, 0.25) is 0 Å². The second-order valence-corrected chi connectivity index (χ2v) is 6.98. The third kappa shape index (κ3) is 3.58. The van der Waals surface area contributed by atoms with E-state index >= 15 is 0 Å². The van der Waals surface area contributed by atoms with Crippen LogP contribution in [0.5, 0.6) is 0 Å². The molecule has 3 rings (SSSR count). The maximum atomic E-state index is 14.4. The fourth-order valence-electron chi connectivity index (χ4n) is 3.42. The molecule has 6 nitrogen and oxygen atoms in total. The molecule has 1 aromatic rings. The zero-order valence-corrected chi connectivity index (χ0v) is 14.0. The third-order valence-electron chi connectivity index (χ3n) is 4.61. The summed E-state index contributed by atoms with van der Waals surface area (Å²) in [5.74, 6) is -2.11. The van der Waals surface area contributed by atoms with Crippen molar-refractivity contribution in [1.29, 1.82) is 0 Å². The Morgan fingerprint density at radius 2 is 2.00 bits per heavy atom. The molecule has 1 aromatic carbocycles. The number of aliphatic hydroxyl groups is 1. The van der Waals surface area contributed by atoms with Crippen molar-refractivity contribution in [3.63, 3.8) is 0 Å². The Balaban J connectivity index is 1.75. The molecule has 1 saturated carbocycles. The number of hydrogen-bond acceptors (Lipinski definition) is 4. The van der Waals surface area contributed by atoms with Gasteiger partial charge in [-0.2, -0.15) is 0 Å². The number of carbonyl (C=O) groups excluding carboxylic acids is 2. The SMILES string of the molecule is CC(=O)NC[C@H]1CN(c2cc(F)c(C3CC(C)(O)C3)c(F)c2)C(=O)O1. The van der Waals surface area contributed by atoms with Gasteiger partial charge in [-0.05, 0) is 37.8 Å². The summed E-state index contributed by atoms with van der Waals surface area (Å²) in [5, 5.41) is 12.3. The molecule has 0 radical (unpaired) electrons. The molecular formula is C17H20F2N2O4. The molecule has 2 fully saturated rings. The zero-order chi connectivity index (χ0) is 18.4. The van der Waals surface area contributed by atoms with Crippen LogP contribution in [0.4, 0.5) is 19.3 Å². The van der Waals surface area contributed by atoms with Gasteiger partial charge in [-0.1, -0.05) is 0 Å². The minimum atomic E-state index is -0.891. The topological polar surface area (TPSA) is 78.9 Å². The average Bonchev–Trinajstić information content (AvgIpc) is 2.83. The molecule has 1 heterocycles. The lowest BCUT2D eigenvalue weighted by Crippen LogP contribution is -2.40. The van der Waals surface area contributed by atoms with Crippen molar-refractivity contribution in [3.05, 3.63) is 29.3 Å². The van der Waals surface area contributed by atoms with Gasteiger partial charge in [0.1, 0.15) is 17.7 Å². The Labute approximate surface area is 143 Å². The monoisotopic (exact) mass is 354 g/mol. The number of rotatable bonds is 4. The number of nitrogens with one attached hydrogen (secondary N) is 1. The molecule has 0 bridgehead atoms. The van der Waals surface area contributed by atoms with Crippen LogP contribution in [0, 0.1) is 11.6 Å². The van der Waals surface area contributed by atoms with Gasteiger partial charge in [-0.25, -0.2) is 13.6 Å². The van der Waals surface area contributed by atoms with E-state index in [2.05, 4.69) is 5.32 Å².